The average molecular weight is 439 g/mol. The summed E-state index contributed by atoms with van der Waals surface area (Å²) in [6.07, 6.45) is 0.292. The van der Waals surface area contributed by atoms with Crippen molar-refractivity contribution in [2.75, 3.05) is 20.1 Å². The van der Waals surface area contributed by atoms with Crippen LogP contribution in [0.25, 0.3) is 0 Å². The number of halogens is 1. The summed E-state index contributed by atoms with van der Waals surface area (Å²) >= 11 is 2.19. The molecule has 23 heavy (non-hydrogen) atoms. The van der Waals surface area contributed by atoms with E-state index in [0.717, 1.165) is 0 Å². The van der Waals surface area contributed by atoms with Gasteiger partial charge in [0.15, 0.2) is 0 Å². The molecule has 0 rings (SSSR count). The van der Waals surface area contributed by atoms with Gasteiger partial charge in [0.25, 0.3) is 0 Å². The molecule has 0 fully saturated rings. The lowest BCUT2D eigenvalue weighted by molar-refractivity contribution is -0.133. The van der Waals surface area contributed by atoms with Gasteiger partial charge in [-0.15, -0.1) is 0 Å². The van der Waals surface area contributed by atoms with Crippen molar-refractivity contribution in [2.45, 2.75) is 56.9 Å². The third kappa shape index (κ3) is 10.6. The number of likely N-dealkylation sites (N-methyl/N-ethyl adjacent to an activating group) is 1. The average Bonchev–Trinajstić information content (AvgIpc) is 2.34. The summed E-state index contributed by atoms with van der Waals surface area (Å²) in [5, 5.41) is 8.37. The summed E-state index contributed by atoms with van der Waals surface area (Å²) in [4.78, 5) is 36.6. The highest BCUT2D eigenvalue weighted by Crippen LogP contribution is 2.21. The van der Waals surface area contributed by atoms with E-state index in [-0.39, 0.29) is 33.9 Å². The lowest BCUT2D eigenvalue weighted by Gasteiger charge is -2.24. The molecule has 2 amide bonds. The molecule has 6 nitrogen and oxygen atoms in total. The number of alkyl halides is 1. The van der Waals surface area contributed by atoms with Crippen molar-refractivity contribution in [3.05, 3.63) is 0 Å². The molecule has 1 atom stereocenters. The first kappa shape index (κ1) is 22.3. The molecule has 0 aromatic carbocycles. The highest BCUT2D eigenvalue weighted by Gasteiger charge is 2.30. The lowest BCUT2D eigenvalue weighted by Crippen LogP contribution is -2.50. The summed E-state index contributed by atoms with van der Waals surface area (Å²) in [6.45, 7) is 10.4. The monoisotopic (exact) mass is 439 g/mol. The molecule has 1 unspecified atom stereocenters. The van der Waals surface area contributed by atoms with Crippen LogP contribution in [0.1, 0.15) is 47.5 Å². The molecule has 7 heteroatoms. The molecular formula is C16H30IN3O3. The first-order valence-electron chi connectivity index (χ1n) is 7.80. The zero-order valence-electron chi connectivity index (χ0n) is 15.0. The number of hydrogen-bond acceptors (Lipinski definition) is 4. The van der Waals surface area contributed by atoms with Crippen molar-refractivity contribution in [1.82, 2.24) is 16.0 Å². The zero-order valence-corrected chi connectivity index (χ0v) is 17.2. The largest absolute Gasteiger partial charge is 0.353 e. The highest BCUT2D eigenvalue weighted by atomic mass is 127. The van der Waals surface area contributed by atoms with Crippen LogP contribution in [-0.4, -0.2) is 47.2 Å². The summed E-state index contributed by atoms with van der Waals surface area (Å²) in [5.41, 5.74) is -0.545. The molecule has 0 aliphatic rings. The van der Waals surface area contributed by atoms with Gasteiger partial charge in [0.2, 0.25) is 11.8 Å². The van der Waals surface area contributed by atoms with Gasteiger partial charge in [-0.05, 0) is 7.05 Å². The van der Waals surface area contributed by atoms with Gasteiger partial charge in [-0.25, -0.2) is 0 Å². The van der Waals surface area contributed by atoms with Gasteiger partial charge in [-0.2, -0.15) is 0 Å². The van der Waals surface area contributed by atoms with E-state index in [1.807, 2.05) is 13.8 Å². The Morgan fingerprint density at radius 2 is 1.61 bits per heavy atom. The number of nitrogens with one attached hydrogen (secondary N) is 3. The van der Waals surface area contributed by atoms with Gasteiger partial charge in [-0.1, -0.05) is 57.2 Å². The van der Waals surface area contributed by atoms with Crippen molar-refractivity contribution in [2.24, 2.45) is 5.41 Å². The lowest BCUT2D eigenvalue weighted by atomic mass is 9.87. The Balaban J connectivity index is 4.89. The van der Waals surface area contributed by atoms with Crippen molar-refractivity contribution >= 4 is 40.2 Å². The molecular weight excluding hydrogens is 409 g/mol. The number of carbonyl (C=O) groups is 3. The number of Topliss-reactive ketones (excluding diaryl/α,β-unsaturated/α-hetero) is 1. The molecule has 0 aliphatic carbocycles. The maximum atomic E-state index is 12.3. The molecule has 0 saturated heterocycles. The third-order valence-corrected chi connectivity index (χ3v) is 3.51. The number of ketones is 1. The minimum atomic E-state index is -0.829. The van der Waals surface area contributed by atoms with Crippen molar-refractivity contribution in [1.29, 1.82) is 0 Å². The molecule has 134 valence electrons. The molecule has 0 heterocycles. The van der Waals surface area contributed by atoms with E-state index < -0.39 is 11.5 Å². The predicted octanol–water partition coefficient (Wildman–Crippen LogP) is 1.42. The molecule has 0 saturated carbocycles. The van der Waals surface area contributed by atoms with Gasteiger partial charge in [0, 0.05) is 34.8 Å². The number of carbonyl (C=O) groups excluding carboxylic acids is 3. The summed E-state index contributed by atoms with van der Waals surface area (Å²) in [5.74, 6) is -0.599. The fourth-order valence-corrected chi connectivity index (χ4v) is 2.11. The SMILES string of the molecule is CNCCNC(=O)C(CC(=O)C(C)(C)C)NC(=O)CC(C)(C)I. The van der Waals surface area contributed by atoms with E-state index in [2.05, 4.69) is 38.5 Å². The van der Waals surface area contributed by atoms with Crippen LogP contribution in [0.5, 0.6) is 0 Å². The van der Waals surface area contributed by atoms with Crippen molar-refractivity contribution in [3.63, 3.8) is 0 Å². The van der Waals surface area contributed by atoms with Gasteiger partial charge < -0.3 is 16.0 Å². The van der Waals surface area contributed by atoms with Gasteiger partial charge in [0.05, 0.1) is 0 Å². The summed E-state index contributed by atoms with van der Waals surface area (Å²) in [7, 11) is 1.79. The molecule has 0 bridgehead atoms. The minimum absolute atomic E-state index is 0.00228. The molecule has 0 aliphatic heterocycles. The fourth-order valence-electron chi connectivity index (χ4n) is 1.76. The zero-order chi connectivity index (χ0) is 18.3. The number of rotatable bonds is 9. The van der Waals surface area contributed by atoms with E-state index in [4.69, 9.17) is 0 Å². The number of amides is 2. The second kappa shape index (κ2) is 9.56. The van der Waals surface area contributed by atoms with Crippen LogP contribution >= 0.6 is 22.6 Å². The molecule has 0 radical (unpaired) electrons. The topological polar surface area (TPSA) is 87.3 Å². The van der Waals surface area contributed by atoms with Gasteiger partial charge >= 0.3 is 0 Å². The van der Waals surface area contributed by atoms with Gasteiger partial charge in [0.1, 0.15) is 11.8 Å². The Labute approximate surface area is 153 Å². The second-order valence-electron chi connectivity index (χ2n) is 7.29. The standard InChI is InChI=1S/C16H30IN3O3/c1-15(2,3)12(21)9-11(14(23)19-8-7-18-6)20-13(22)10-16(4,5)17/h11,18H,7-10H2,1-6H3,(H,19,23)(H,20,22). The van der Waals surface area contributed by atoms with Crippen LogP contribution in [0, 0.1) is 5.41 Å². The van der Waals surface area contributed by atoms with Crippen LogP contribution in [0.15, 0.2) is 0 Å². The minimum Gasteiger partial charge on any atom is -0.353 e. The van der Waals surface area contributed by atoms with E-state index in [1.165, 1.54) is 0 Å². The first-order chi connectivity index (χ1) is 10.4. The molecule has 0 aromatic rings. The Morgan fingerprint density at radius 3 is 2.04 bits per heavy atom. The van der Waals surface area contributed by atoms with Crippen LogP contribution in [0.3, 0.4) is 0 Å². The van der Waals surface area contributed by atoms with E-state index in [9.17, 15) is 14.4 Å². The van der Waals surface area contributed by atoms with Crippen molar-refractivity contribution in [3.8, 4) is 0 Å². The predicted molar refractivity (Wildman–Crippen MR) is 101 cm³/mol. The van der Waals surface area contributed by atoms with Crippen molar-refractivity contribution < 1.29 is 14.4 Å². The first-order valence-corrected chi connectivity index (χ1v) is 8.88. The van der Waals surface area contributed by atoms with Crippen LogP contribution < -0.4 is 16.0 Å². The molecule has 3 N–H and O–H groups in total. The normalized spacial score (nSPS) is 13.3. The Morgan fingerprint density at radius 1 is 1.04 bits per heavy atom. The Bertz CT molecular complexity index is 425. The van der Waals surface area contributed by atoms with Crippen LogP contribution in [-0.2, 0) is 14.4 Å². The van der Waals surface area contributed by atoms with Crippen LogP contribution in [0.2, 0.25) is 0 Å². The van der Waals surface area contributed by atoms with E-state index in [0.29, 0.717) is 13.1 Å². The maximum absolute atomic E-state index is 12.3. The van der Waals surface area contributed by atoms with E-state index >= 15 is 0 Å². The van der Waals surface area contributed by atoms with Crippen LogP contribution in [0.4, 0.5) is 0 Å². The summed E-state index contributed by atoms with van der Waals surface area (Å²) in [6, 6.07) is -0.829. The summed E-state index contributed by atoms with van der Waals surface area (Å²) < 4.78 is -0.205. The van der Waals surface area contributed by atoms with E-state index in [1.54, 1.807) is 27.8 Å². The smallest absolute Gasteiger partial charge is 0.243 e. The molecule has 0 aromatic heterocycles. The maximum Gasteiger partial charge on any atom is 0.243 e. The fraction of sp³-hybridized carbons (Fsp3) is 0.812. The number of hydrogen-bond donors (Lipinski definition) is 3. The third-order valence-electron chi connectivity index (χ3n) is 3.13. The second-order valence-corrected chi connectivity index (χ2v) is 10.2. The van der Waals surface area contributed by atoms with Gasteiger partial charge in [-0.3, -0.25) is 14.4 Å². The Kier molecular flexibility index (Phi) is 9.27. The Hall–Kier alpha value is -0.700. The quantitative estimate of drug-likeness (QED) is 0.288. The highest BCUT2D eigenvalue weighted by molar-refractivity contribution is 14.1. The molecule has 0 spiro atoms.